The van der Waals surface area contributed by atoms with Gasteiger partial charge in [-0.05, 0) is 64.0 Å². The minimum atomic E-state index is -1.42. The fourth-order valence-electron chi connectivity index (χ4n) is 5.53. The van der Waals surface area contributed by atoms with Gasteiger partial charge < -0.3 is 35.2 Å². The first-order valence-electron chi connectivity index (χ1n) is 17.1. The minimum absolute atomic E-state index is 0.0406. The lowest BCUT2D eigenvalue weighted by Crippen LogP contribution is -2.60. The summed E-state index contributed by atoms with van der Waals surface area (Å²) >= 11 is 0. The molecule has 0 spiro atoms. The van der Waals surface area contributed by atoms with Crippen LogP contribution in [0.2, 0.25) is 0 Å². The molecule has 2 atom stereocenters. The predicted octanol–water partition coefficient (Wildman–Crippen LogP) is 4.68. The Morgan fingerprint density at radius 2 is 1.54 bits per heavy atom. The van der Waals surface area contributed by atoms with Crippen LogP contribution in [0.25, 0.3) is 0 Å². The molecule has 270 valence electrons. The Morgan fingerprint density at radius 3 is 2.16 bits per heavy atom. The molecule has 1 saturated heterocycles. The maximum absolute atomic E-state index is 14.1. The van der Waals surface area contributed by atoms with Crippen LogP contribution in [0.1, 0.15) is 78.5 Å². The van der Waals surface area contributed by atoms with E-state index in [-0.39, 0.29) is 31.1 Å². The Bertz CT molecular complexity index is 1540. The molecule has 12 nitrogen and oxygen atoms in total. The van der Waals surface area contributed by atoms with E-state index in [0.29, 0.717) is 18.8 Å². The summed E-state index contributed by atoms with van der Waals surface area (Å²) in [4.78, 5) is 61.9. The zero-order valence-electron chi connectivity index (χ0n) is 30.3. The molecule has 2 unspecified atom stereocenters. The van der Waals surface area contributed by atoms with Crippen LogP contribution in [0.5, 0.6) is 0 Å². The van der Waals surface area contributed by atoms with Crippen molar-refractivity contribution in [2.45, 2.75) is 91.1 Å². The largest absolute Gasteiger partial charge is 0.444 e. The molecule has 2 aliphatic rings. The van der Waals surface area contributed by atoms with Crippen LogP contribution < -0.4 is 16.0 Å². The molecule has 2 aromatic carbocycles. The van der Waals surface area contributed by atoms with Crippen molar-refractivity contribution >= 4 is 30.2 Å². The average molecular weight is 689 g/mol. The lowest BCUT2D eigenvalue weighted by atomic mass is 9.82. The van der Waals surface area contributed by atoms with Crippen LogP contribution in [-0.2, 0) is 30.5 Å². The summed E-state index contributed by atoms with van der Waals surface area (Å²) < 4.78 is 11.2. The molecular weight excluding hydrogens is 636 g/mol. The summed E-state index contributed by atoms with van der Waals surface area (Å²) in [6, 6.07) is 17.2. The number of rotatable bonds is 12. The fraction of sp³-hybridized carbons (Fsp3) is 0.500. The lowest BCUT2D eigenvalue weighted by molar-refractivity contribution is -0.137. The third-order valence-corrected chi connectivity index (χ3v) is 8.54. The molecule has 1 fully saturated rings. The number of hydrogen-bond donors (Lipinski definition) is 3. The van der Waals surface area contributed by atoms with Crippen LogP contribution in [0, 0.1) is 5.41 Å². The second-order valence-corrected chi connectivity index (χ2v) is 15.1. The van der Waals surface area contributed by atoms with E-state index >= 15 is 0 Å². The summed E-state index contributed by atoms with van der Waals surface area (Å²) in [5, 5.41) is 8.22. The molecule has 2 aliphatic heterocycles. The molecule has 4 rings (SSSR count). The number of likely N-dealkylation sites (tertiary alicyclic amines) is 1. The monoisotopic (exact) mass is 688 g/mol. The number of piperidine rings is 1. The number of nitrogens with zero attached hydrogens (tertiary/aromatic N) is 3. The van der Waals surface area contributed by atoms with Gasteiger partial charge in [0.25, 0.3) is 0 Å². The second-order valence-electron chi connectivity index (χ2n) is 15.1. The van der Waals surface area contributed by atoms with Crippen LogP contribution in [0.3, 0.4) is 0 Å². The molecule has 3 N–H and O–H groups in total. The number of nitrogens with one attached hydrogen (secondary N) is 3. The quantitative estimate of drug-likeness (QED) is 0.294. The van der Waals surface area contributed by atoms with Crippen LogP contribution in [-0.4, -0.2) is 83.4 Å². The van der Waals surface area contributed by atoms with Crippen LogP contribution in [0.4, 0.5) is 4.79 Å². The van der Waals surface area contributed by atoms with Crippen molar-refractivity contribution < 1.29 is 28.7 Å². The van der Waals surface area contributed by atoms with Gasteiger partial charge in [0.15, 0.2) is 0 Å². The predicted molar refractivity (Wildman–Crippen MR) is 192 cm³/mol. The van der Waals surface area contributed by atoms with Crippen molar-refractivity contribution in [1.82, 2.24) is 25.8 Å². The van der Waals surface area contributed by atoms with Gasteiger partial charge in [0.1, 0.15) is 23.2 Å². The molecule has 2 heterocycles. The summed E-state index contributed by atoms with van der Waals surface area (Å²) in [5.74, 6) is -1.19. The maximum Gasteiger partial charge on any atom is 0.408 e. The maximum atomic E-state index is 14.1. The van der Waals surface area contributed by atoms with Gasteiger partial charge in [-0.25, -0.2) is 4.79 Å². The van der Waals surface area contributed by atoms with E-state index in [9.17, 15) is 19.2 Å². The van der Waals surface area contributed by atoms with Crippen molar-refractivity contribution in [2.75, 3.05) is 26.2 Å². The van der Waals surface area contributed by atoms with Gasteiger partial charge >= 0.3 is 6.09 Å². The summed E-state index contributed by atoms with van der Waals surface area (Å²) in [6.45, 7) is 14.2. The molecule has 0 saturated carbocycles. The van der Waals surface area contributed by atoms with Crippen molar-refractivity contribution in [2.24, 2.45) is 10.4 Å². The molecule has 50 heavy (non-hydrogen) atoms. The van der Waals surface area contributed by atoms with Gasteiger partial charge in [0.2, 0.25) is 17.7 Å². The van der Waals surface area contributed by atoms with E-state index < -0.39 is 41.1 Å². The highest BCUT2D eigenvalue weighted by Crippen LogP contribution is 2.32. The first kappa shape index (κ1) is 38.1. The van der Waals surface area contributed by atoms with Gasteiger partial charge in [-0.2, -0.15) is 0 Å². The number of aliphatic imine (C=N–C) groups is 1. The van der Waals surface area contributed by atoms with E-state index in [2.05, 4.69) is 34.8 Å². The number of amides is 4. The van der Waals surface area contributed by atoms with Crippen LogP contribution >= 0.6 is 0 Å². The molecule has 2 aromatic rings. The highest BCUT2D eigenvalue weighted by atomic mass is 16.6. The summed E-state index contributed by atoms with van der Waals surface area (Å²) in [5.41, 5.74) is 0.151. The van der Waals surface area contributed by atoms with Crippen molar-refractivity contribution in [3.8, 4) is 0 Å². The molecule has 4 amide bonds. The first-order chi connectivity index (χ1) is 23.5. The topological polar surface area (TPSA) is 142 Å². The smallest absolute Gasteiger partial charge is 0.408 e. The Kier molecular flexibility index (Phi) is 12.4. The SMILES string of the molecule is CC1(C)CCN(C(=O)C(c2ccccc2)N2C=NCC(NC(=O)C(COCc3ccccc3)NC(=O)C(C)(C)NC(=O)OC(C)(C)C)=C2)CC1. The third-order valence-electron chi connectivity index (χ3n) is 8.54. The lowest BCUT2D eigenvalue weighted by Gasteiger charge is -2.40. The first-order valence-corrected chi connectivity index (χ1v) is 17.1. The minimum Gasteiger partial charge on any atom is -0.444 e. The molecule has 0 radical (unpaired) electrons. The van der Waals surface area contributed by atoms with E-state index in [0.717, 1.165) is 24.0 Å². The molecule has 12 heteroatoms. The van der Waals surface area contributed by atoms with Crippen molar-refractivity contribution in [1.29, 1.82) is 0 Å². The number of carbonyl (C=O) groups is 4. The highest BCUT2D eigenvalue weighted by molar-refractivity contribution is 5.94. The Balaban J connectivity index is 1.51. The number of hydrogen-bond acceptors (Lipinski definition) is 8. The zero-order chi connectivity index (χ0) is 36.5. The van der Waals surface area contributed by atoms with Crippen LogP contribution in [0.15, 0.2) is 77.6 Å². The van der Waals surface area contributed by atoms with E-state index in [1.165, 1.54) is 13.8 Å². The zero-order valence-corrected chi connectivity index (χ0v) is 30.3. The Morgan fingerprint density at radius 1 is 0.920 bits per heavy atom. The summed E-state index contributed by atoms with van der Waals surface area (Å²) in [6.07, 6.45) is 4.39. The number of carbonyl (C=O) groups excluding carboxylic acids is 4. The van der Waals surface area contributed by atoms with E-state index in [4.69, 9.17) is 9.47 Å². The van der Waals surface area contributed by atoms with Gasteiger partial charge in [-0.3, -0.25) is 19.4 Å². The molecule has 0 aromatic heterocycles. The normalized spacial score (nSPS) is 17.2. The van der Waals surface area contributed by atoms with Crippen molar-refractivity contribution in [3.63, 3.8) is 0 Å². The van der Waals surface area contributed by atoms with Gasteiger partial charge in [-0.1, -0.05) is 74.5 Å². The van der Waals surface area contributed by atoms with E-state index in [1.54, 1.807) is 38.2 Å². The van der Waals surface area contributed by atoms with Gasteiger partial charge in [0, 0.05) is 19.3 Å². The molecule has 0 aliphatic carbocycles. The number of ether oxygens (including phenoxy) is 2. The highest BCUT2D eigenvalue weighted by Gasteiger charge is 2.37. The Hall–Kier alpha value is -4.71. The third kappa shape index (κ3) is 11.2. The summed E-state index contributed by atoms with van der Waals surface area (Å²) in [7, 11) is 0. The van der Waals surface area contributed by atoms with E-state index in [1.807, 2.05) is 65.6 Å². The second kappa shape index (κ2) is 16.3. The Labute approximate surface area is 295 Å². The molecular formula is C38H52N6O6. The van der Waals surface area contributed by atoms with Crippen molar-refractivity contribution in [3.05, 3.63) is 83.7 Å². The molecule has 0 bridgehead atoms. The fourth-order valence-corrected chi connectivity index (χ4v) is 5.53. The van der Waals surface area contributed by atoms with Gasteiger partial charge in [0.05, 0.1) is 31.8 Å². The van der Waals surface area contributed by atoms with Gasteiger partial charge in [-0.15, -0.1) is 0 Å². The standard InChI is InChI=1S/C38H52N6O6/c1-36(2,3)50-35(48)42-38(6,7)34(47)41-30(25-49-24-27-14-10-8-11-15-27)32(45)40-29-22-39-26-44(23-29)31(28-16-12-9-13-17-28)33(46)43-20-18-37(4,5)19-21-43/h8-17,23,26,30-31H,18-22,24-25H2,1-7H3,(H,40,45)(H,41,47)(H,42,48). The number of alkyl carbamates (subject to hydrolysis) is 1. The average Bonchev–Trinajstić information content (AvgIpc) is 3.04. The number of benzene rings is 2.